The van der Waals surface area contributed by atoms with Gasteiger partial charge in [0.2, 0.25) is 0 Å². The van der Waals surface area contributed by atoms with Gasteiger partial charge in [-0.3, -0.25) is 0 Å². The van der Waals surface area contributed by atoms with E-state index in [1.807, 2.05) is 13.8 Å². The van der Waals surface area contributed by atoms with Gasteiger partial charge in [0.25, 0.3) is 0 Å². The van der Waals surface area contributed by atoms with Crippen molar-refractivity contribution in [3.63, 3.8) is 0 Å². The lowest BCUT2D eigenvalue weighted by molar-refractivity contribution is -0.254. The van der Waals surface area contributed by atoms with Gasteiger partial charge in [-0.05, 0) is 45.7 Å². The zero-order valence-corrected chi connectivity index (χ0v) is 10.9. The van der Waals surface area contributed by atoms with E-state index >= 15 is 0 Å². The van der Waals surface area contributed by atoms with E-state index in [9.17, 15) is 0 Å². The third-order valence-corrected chi connectivity index (χ3v) is 4.37. The van der Waals surface area contributed by atoms with Crippen LogP contribution in [0.25, 0.3) is 0 Å². The molecule has 1 N–H and O–H groups in total. The first-order valence-electron chi connectivity index (χ1n) is 6.89. The molecular weight excluding hydrogens is 216 g/mol. The normalized spacial score (nSPS) is 41.6. The van der Waals surface area contributed by atoms with E-state index in [0.717, 1.165) is 19.1 Å². The molecule has 0 aliphatic carbocycles. The van der Waals surface area contributed by atoms with Crippen molar-refractivity contribution in [3.8, 4) is 0 Å². The van der Waals surface area contributed by atoms with Gasteiger partial charge >= 0.3 is 0 Å². The van der Waals surface area contributed by atoms with Gasteiger partial charge in [-0.15, -0.1) is 0 Å². The monoisotopic (exact) mass is 240 g/mol. The van der Waals surface area contributed by atoms with Crippen molar-refractivity contribution >= 4 is 0 Å². The van der Waals surface area contributed by atoms with Crippen LogP contribution in [0, 0.1) is 5.92 Å². The standard InChI is InChI=1S/C13H24N2O2/c1-13(2)16-8-11(9-17-13)14-12-7-15-5-3-10(12)4-6-15/h10-12,14H,3-9H2,1-2H3. The molecule has 4 fully saturated rings. The fourth-order valence-corrected chi connectivity index (χ4v) is 3.25. The van der Waals surface area contributed by atoms with Crippen molar-refractivity contribution < 1.29 is 9.47 Å². The van der Waals surface area contributed by atoms with E-state index in [-0.39, 0.29) is 0 Å². The molecular formula is C13H24N2O2. The number of ether oxygens (including phenoxy) is 2. The molecule has 4 heterocycles. The van der Waals surface area contributed by atoms with Gasteiger partial charge in [0.15, 0.2) is 5.79 Å². The van der Waals surface area contributed by atoms with E-state index in [4.69, 9.17) is 9.47 Å². The smallest absolute Gasteiger partial charge is 0.162 e. The summed E-state index contributed by atoms with van der Waals surface area (Å²) in [6.45, 7) is 9.33. The first kappa shape index (κ1) is 11.9. The van der Waals surface area contributed by atoms with Crippen LogP contribution in [0.5, 0.6) is 0 Å². The van der Waals surface area contributed by atoms with Gasteiger partial charge in [-0.25, -0.2) is 0 Å². The Morgan fingerprint density at radius 3 is 2.29 bits per heavy atom. The van der Waals surface area contributed by atoms with Crippen molar-refractivity contribution in [1.29, 1.82) is 0 Å². The molecule has 98 valence electrons. The second-order valence-corrected chi connectivity index (χ2v) is 6.13. The maximum atomic E-state index is 5.70. The Morgan fingerprint density at radius 1 is 1.12 bits per heavy atom. The Kier molecular flexibility index (Phi) is 3.15. The lowest BCUT2D eigenvalue weighted by Gasteiger charge is -2.47. The SMILES string of the molecule is CC1(C)OCC(NC2CN3CCC2CC3)CO1. The lowest BCUT2D eigenvalue weighted by atomic mass is 9.83. The number of fused-ring (bicyclic) bond motifs is 3. The Balaban J connectivity index is 1.51. The number of piperidine rings is 3. The molecule has 4 aliphatic heterocycles. The molecule has 1 atom stereocenters. The first-order valence-corrected chi connectivity index (χ1v) is 6.89. The molecule has 0 radical (unpaired) electrons. The van der Waals surface area contributed by atoms with Crippen LogP contribution in [0.15, 0.2) is 0 Å². The van der Waals surface area contributed by atoms with Crippen molar-refractivity contribution in [2.24, 2.45) is 5.92 Å². The highest BCUT2D eigenvalue weighted by Gasteiger charge is 2.36. The lowest BCUT2D eigenvalue weighted by Crippen LogP contribution is -2.60. The average molecular weight is 240 g/mol. The van der Waals surface area contributed by atoms with Crippen LogP contribution in [0.1, 0.15) is 26.7 Å². The number of nitrogens with zero attached hydrogens (tertiary/aromatic N) is 1. The Hall–Kier alpha value is -0.160. The van der Waals surface area contributed by atoms with E-state index in [2.05, 4.69) is 10.2 Å². The van der Waals surface area contributed by atoms with Crippen LogP contribution in [-0.4, -0.2) is 55.6 Å². The second-order valence-electron chi connectivity index (χ2n) is 6.13. The summed E-state index contributed by atoms with van der Waals surface area (Å²) >= 11 is 0. The van der Waals surface area contributed by atoms with Crippen LogP contribution in [0.3, 0.4) is 0 Å². The highest BCUT2D eigenvalue weighted by Crippen LogP contribution is 2.28. The molecule has 0 aromatic rings. The summed E-state index contributed by atoms with van der Waals surface area (Å²) < 4.78 is 11.4. The molecule has 1 unspecified atom stereocenters. The molecule has 17 heavy (non-hydrogen) atoms. The third kappa shape index (κ3) is 2.65. The number of hydrogen-bond acceptors (Lipinski definition) is 4. The van der Waals surface area contributed by atoms with Gasteiger partial charge in [0.05, 0.1) is 19.3 Å². The zero-order chi connectivity index (χ0) is 11.9. The molecule has 0 amide bonds. The maximum Gasteiger partial charge on any atom is 0.162 e. The summed E-state index contributed by atoms with van der Waals surface area (Å²) in [4.78, 5) is 2.58. The van der Waals surface area contributed by atoms with Crippen molar-refractivity contribution in [1.82, 2.24) is 10.2 Å². The largest absolute Gasteiger partial charge is 0.349 e. The average Bonchev–Trinajstić information content (AvgIpc) is 2.34. The minimum absolute atomic E-state index is 0.369. The fraction of sp³-hybridized carbons (Fsp3) is 1.00. The molecule has 4 rings (SSSR count). The van der Waals surface area contributed by atoms with Crippen molar-refractivity contribution in [3.05, 3.63) is 0 Å². The first-order chi connectivity index (χ1) is 8.12. The van der Waals surface area contributed by atoms with E-state index < -0.39 is 5.79 Å². The fourth-order valence-electron chi connectivity index (χ4n) is 3.25. The highest BCUT2D eigenvalue weighted by molar-refractivity contribution is 4.92. The van der Waals surface area contributed by atoms with E-state index in [1.165, 1.54) is 32.5 Å². The topological polar surface area (TPSA) is 33.7 Å². The van der Waals surface area contributed by atoms with Gasteiger partial charge in [-0.1, -0.05) is 0 Å². The van der Waals surface area contributed by atoms with Gasteiger partial charge in [-0.2, -0.15) is 0 Å². The molecule has 4 nitrogen and oxygen atoms in total. The van der Waals surface area contributed by atoms with E-state index in [0.29, 0.717) is 12.1 Å². The molecule has 4 saturated heterocycles. The summed E-state index contributed by atoms with van der Waals surface area (Å²) in [5.74, 6) is 0.475. The highest BCUT2D eigenvalue weighted by atomic mass is 16.7. The van der Waals surface area contributed by atoms with E-state index in [1.54, 1.807) is 0 Å². The van der Waals surface area contributed by atoms with Crippen LogP contribution in [-0.2, 0) is 9.47 Å². The van der Waals surface area contributed by atoms with Crippen LogP contribution in [0.4, 0.5) is 0 Å². The maximum absolute atomic E-state index is 5.70. The summed E-state index contributed by atoms with van der Waals surface area (Å²) in [6, 6.07) is 1.02. The van der Waals surface area contributed by atoms with Gasteiger partial charge in [0, 0.05) is 12.6 Å². The summed E-state index contributed by atoms with van der Waals surface area (Å²) in [7, 11) is 0. The summed E-state index contributed by atoms with van der Waals surface area (Å²) in [5, 5.41) is 3.74. The molecule has 4 heteroatoms. The molecule has 0 aromatic carbocycles. The summed E-state index contributed by atoms with van der Waals surface area (Å²) in [5.41, 5.74) is 0. The Bertz CT molecular complexity index is 265. The quantitative estimate of drug-likeness (QED) is 0.775. The third-order valence-electron chi connectivity index (χ3n) is 4.37. The molecule has 0 spiro atoms. The predicted octanol–water partition coefficient (Wildman–Crippen LogP) is 0.822. The zero-order valence-electron chi connectivity index (χ0n) is 10.9. The van der Waals surface area contributed by atoms with Crippen LogP contribution < -0.4 is 5.32 Å². The van der Waals surface area contributed by atoms with Crippen LogP contribution in [0.2, 0.25) is 0 Å². The molecule has 4 aliphatic rings. The number of hydrogen-bond donors (Lipinski definition) is 1. The Morgan fingerprint density at radius 2 is 1.76 bits per heavy atom. The molecule has 0 aromatic heterocycles. The van der Waals surface area contributed by atoms with Crippen LogP contribution >= 0.6 is 0 Å². The van der Waals surface area contributed by atoms with Crippen molar-refractivity contribution in [2.75, 3.05) is 32.8 Å². The second kappa shape index (κ2) is 4.50. The minimum Gasteiger partial charge on any atom is -0.349 e. The minimum atomic E-state index is -0.396. The molecule has 0 saturated carbocycles. The molecule has 2 bridgehead atoms. The Labute approximate surface area is 104 Å². The summed E-state index contributed by atoms with van der Waals surface area (Å²) in [6.07, 6.45) is 2.72. The number of nitrogens with one attached hydrogen (secondary N) is 1. The predicted molar refractivity (Wildman–Crippen MR) is 65.9 cm³/mol. The van der Waals surface area contributed by atoms with Crippen molar-refractivity contribution in [2.45, 2.75) is 44.6 Å². The van der Waals surface area contributed by atoms with Gasteiger partial charge in [0.1, 0.15) is 0 Å². The van der Waals surface area contributed by atoms with Gasteiger partial charge < -0.3 is 19.7 Å². The number of rotatable bonds is 2.